The third kappa shape index (κ3) is 3.09. The number of nitrogen functional groups attached to an aromatic ring is 1. The van der Waals surface area contributed by atoms with E-state index >= 15 is 0 Å². The first-order valence-corrected chi connectivity index (χ1v) is 5.13. The van der Waals surface area contributed by atoms with Crippen LogP contribution in [0.4, 0.5) is 5.69 Å². The maximum Gasteiger partial charge on any atom is 0.0703 e. The lowest BCUT2D eigenvalue weighted by atomic mass is 10.1. The van der Waals surface area contributed by atoms with Gasteiger partial charge in [0.15, 0.2) is 0 Å². The van der Waals surface area contributed by atoms with Crippen LogP contribution in [0.3, 0.4) is 0 Å². The lowest BCUT2D eigenvalue weighted by Gasteiger charge is -1.99. The average molecular weight is 200 g/mol. The van der Waals surface area contributed by atoms with E-state index in [1.165, 1.54) is 0 Å². The smallest absolute Gasteiger partial charge is 0.0703 e. The molecule has 0 saturated heterocycles. The zero-order valence-electron chi connectivity index (χ0n) is 9.14. The molecule has 0 saturated carbocycles. The molecule has 15 heavy (non-hydrogen) atoms. The number of rotatable bonds is 1. The summed E-state index contributed by atoms with van der Waals surface area (Å²) in [7, 11) is 0. The number of hydrogen-bond acceptors (Lipinski definition) is 2. The van der Waals surface area contributed by atoms with Gasteiger partial charge in [0.1, 0.15) is 0 Å². The lowest BCUT2D eigenvalue weighted by Crippen LogP contribution is -1.87. The molecule has 1 heterocycles. The summed E-state index contributed by atoms with van der Waals surface area (Å²) in [6.07, 6.45) is 1.67. The molecule has 0 spiro atoms. The van der Waals surface area contributed by atoms with E-state index in [-0.39, 0.29) is 0 Å². The minimum atomic E-state index is 0.694. The van der Waals surface area contributed by atoms with Crippen LogP contribution in [-0.2, 0) is 0 Å². The summed E-state index contributed by atoms with van der Waals surface area (Å²) in [5.41, 5.74) is 8.30. The highest BCUT2D eigenvalue weighted by Gasteiger charge is 1.95. The molecule has 1 aromatic heterocycles. The van der Waals surface area contributed by atoms with Crippen LogP contribution in [0, 0.1) is 0 Å². The molecule has 2 nitrogen and oxygen atoms in total. The summed E-state index contributed by atoms with van der Waals surface area (Å²) >= 11 is 0. The predicted octanol–water partition coefficient (Wildman–Crippen LogP) is 3.36. The van der Waals surface area contributed by atoms with E-state index < -0.39 is 0 Å². The summed E-state index contributed by atoms with van der Waals surface area (Å²) in [6, 6.07) is 13.8. The number of hydrogen-bond donors (Lipinski definition) is 1. The molecule has 0 radical (unpaired) electrons. The Hall–Kier alpha value is -1.83. The topological polar surface area (TPSA) is 38.9 Å². The molecule has 2 aromatic rings. The first kappa shape index (κ1) is 11.2. The Morgan fingerprint density at radius 1 is 0.933 bits per heavy atom. The average Bonchev–Trinajstić information content (AvgIpc) is 2.34. The predicted molar refractivity (Wildman–Crippen MR) is 65.4 cm³/mol. The standard InChI is InChI=1S/C11H10N2.C2H6/c12-10-6-7-11(13-8-10)9-4-2-1-3-5-9;1-2/h1-8H,12H2;1-2H3. The van der Waals surface area contributed by atoms with Gasteiger partial charge in [0.05, 0.1) is 17.6 Å². The Balaban J connectivity index is 0.000000531. The largest absolute Gasteiger partial charge is 0.397 e. The number of benzene rings is 1. The molecule has 0 atom stereocenters. The Labute approximate surface area is 90.8 Å². The highest BCUT2D eigenvalue weighted by molar-refractivity contribution is 5.60. The number of nitrogens with zero attached hydrogens (tertiary/aromatic N) is 1. The van der Waals surface area contributed by atoms with Crippen molar-refractivity contribution < 1.29 is 0 Å². The van der Waals surface area contributed by atoms with Gasteiger partial charge in [0, 0.05) is 5.56 Å². The maximum atomic E-state index is 5.54. The van der Waals surface area contributed by atoms with Gasteiger partial charge in [-0.25, -0.2) is 0 Å². The van der Waals surface area contributed by atoms with Crippen molar-refractivity contribution in [3.05, 3.63) is 48.7 Å². The normalized spacial score (nSPS) is 8.93. The van der Waals surface area contributed by atoms with Gasteiger partial charge in [-0.1, -0.05) is 44.2 Å². The fourth-order valence-electron chi connectivity index (χ4n) is 1.18. The van der Waals surface area contributed by atoms with E-state index in [4.69, 9.17) is 5.73 Å². The molecule has 0 amide bonds. The molecule has 0 aliphatic heterocycles. The fraction of sp³-hybridized carbons (Fsp3) is 0.154. The monoisotopic (exact) mass is 200 g/mol. The van der Waals surface area contributed by atoms with Crippen LogP contribution in [0.5, 0.6) is 0 Å². The first-order chi connectivity index (χ1) is 7.36. The molecule has 0 aliphatic rings. The fourth-order valence-corrected chi connectivity index (χ4v) is 1.18. The van der Waals surface area contributed by atoms with Gasteiger partial charge in [-0.05, 0) is 12.1 Å². The minimum Gasteiger partial charge on any atom is -0.397 e. The number of anilines is 1. The quantitative estimate of drug-likeness (QED) is 0.766. The molecule has 2 rings (SSSR count). The summed E-state index contributed by atoms with van der Waals surface area (Å²) in [5.74, 6) is 0. The molecule has 0 bridgehead atoms. The van der Waals surface area contributed by atoms with Crippen LogP contribution in [-0.4, -0.2) is 4.98 Å². The third-order valence-electron chi connectivity index (χ3n) is 1.86. The van der Waals surface area contributed by atoms with E-state index in [0.717, 1.165) is 11.3 Å². The van der Waals surface area contributed by atoms with Crippen molar-refractivity contribution in [1.29, 1.82) is 0 Å². The highest BCUT2D eigenvalue weighted by Crippen LogP contribution is 2.16. The van der Waals surface area contributed by atoms with E-state index in [1.807, 2.05) is 56.3 Å². The van der Waals surface area contributed by atoms with Crippen molar-refractivity contribution >= 4 is 5.69 Å². The molecule has 78 valence electrons. The van der Waals surface area contributed by atoms with Gasteiger partial charge >= 0.3 is 0 Å². The second-order valence-corrected chi connectivity index (χ2v) is 2.84. The second-order valence-electron chi connectivity index (χ2n) is 2.84. The first-order valence-electron chi connectivity index (χ1n) is 5.13. The zero-order chi connectivity index (χ0) is 11.1. The van der Waals surface area contributed by atoms with Crippen molar-refractivity contribution in [2.45, 2.75) is 13.8 Å². The van der Waals surface area contributed by atoms with Crippen molar-refractivity contribution in [2.75, 3.05) is 5.73 Å². The number of aromatic nitrogens is 1. The summed E-state index contributed by atoms with van der Waals surface area (Å²) in [6.45, 7) is 4.00. The van der Waals surface area contributed by atoms with Gasteiger partial charge < -0.3 is 5.73 Å². The molecular formula is C13H16N2. The zero-order valence-corrected chi connectivity index (χ0v) is 9.14. The maximum absolute atomic E-state index is 5.54. The molecule has 0 fully saturated rings. The second kappa shape index (κ2) is 5.81. The van der Waals surface area contributed by atoms with Gasteiger partial charge in [0.25, 0.3) is 0 Å². The highest BCUT2D eigenvalue weighted by atomic mass is 14.7. The van der Waals surface area contributed by atoms with E-state index in [2.05, 4.69) is 4.98 Å². The number of nitrogens with two attached hydrogens (primary N) is 1. The molecule has 0 unspecified atom stereocenters. The molecule has 0 aliphatic carbocycles. The van der Waals surface area contributed by atoms with E-state index in [0.29, 0.717) is 5.69 Å². The molecular weight excluding hydrogens is 184 g/mol. The Morgan fingerprint density at radius 2 is 1.60 bits per heavy atom. The van der Waals surface area contributed by atoms with Crippen molar-refractivity contribution in [1.82, 2.24) is 4.98 Å². The Bertz CT molecular complexity index is 379. The SMILES string of the molecule is CC.Nc1ccc(-c2ccccc2)nc1. The van der Waals surface area contributed by atoms with Crippen LogP contribution in [0.2, 0.25) is 0 Å². The summed E-state index contributed by atoms with van der Waals surface area (Å²) < 4.78 is 0. The summed E-state index contributed by atoms with van der Waals surface area (Å²) in [4.78, 5) is 4.22. The Kier molecular flexibility index (Phi) is 4.35. The van der Waals surface area contributed by atoms with E-state index in [1.54, 1.807) is 6.20 Å². The van der Waals surface area contributed by atoms with Gasteiger partial charge in [-0.3, -0.25) is 4.98 Å². The van der Waals surface area contributed by atoms with Crippen molar-refractivity contribution in [2.24, 2.45) is 0 Å². The van der Waals surface area contributed by atoms with Gasteiger partial charge in [0.2, 0.25) is 0 Å². The van der Waals surface area contributed by atoms with Gasteiger partial charge in [-0.15, -0.1) is 0 Å². The minimum absolute atomic E-state index is 0.694. The van der Waals surface area contributed by atoms with Gasteiger partial charge in [-0.2, -0.15) is 0 Å². The van der Waals surface area contributed by atoms with Crippen LogP contribution >= 0.6 is 0 Å². The lowest BCUT2D eigenvalue weighted by molar-refractivity contribution is 1.33. The van der Waals surface area contributed by atoms with Crippen LogP contribution in [0.25, 0.3) is 11.3 Å². The van der Waals surface area contributed by atoms with E-state index in [9.17, 15) is 0 Å². The third-order valence-corrected chi connectivity index (χ3v) is 1.86. The molecule has 2 heteroatoms. The summed E-state index contributed by atoms with van der Waals surface area (Å²) in [5, 5.41) is 0. The van der Waals surface area contributed by atoms with Crippen LogP contribution in [0.15, 0.2) is 48.7 Å². The van der Waals surface area contributed by atoms with Crippen molar-refractivity contribution in [3.8, 4) is 11.3 Å². The van der Waals surface area contributed by atoms with Crippen LogP contribution in [0.1, 0.15) is 13.8 Å². The van der Waals surface area contributed by atoms with Crippen LogP contribution < -0.4 is 5.73 Å². The van der Waals surface area contributed by atoms with Crippen molar-refractivity contribution in [3.63, 3.8) is 0 Å². The molecule has 2 N–H and O–H groups in total. The molecule has 1 aromatic carbocycles. The Morgan fingerprint density at radius 3 is 2.13 bits per heavy atom. The number of pyridine rings is 1.